The average molecular weight is 474 g/mol. The first-order chi connectivity index (χ1) is 17.1. The van der Waals surface area contributed by atoms with Crippen LogP contribution < -0.4 is 10.2 Å². The lowest BCUT2D eigenvalue weighted by molar-refractivity contribution is 0.111. The van der Waals surface area contributed by atoms with Gasteiger partial charge in [0.25, 0.3) is 0 Å². The number of halogens is 1. The molecule has 180 valence electrons. The zero-order valence-electron chi connectivity index (χ0n) is 19.6. The second-order valence-electron chi connectivity index (χ2n) is 8.91. The standard InChI is InChI=1S/C27H28FN5O2/c1-18-13-16-33(23(34)17-18)27-32-24(20-7-9-21(28)10-8-20)25(35-27)22-12-15-30-26(31-22)29-14-11-19-5-3-2-4-6-19/h2-10,12,15,18,23,34H,11,13-14,16-17H2,1H3,(H,29,30,31)/t18?,23-/m0/s1. The van der Waals surface area contributed by atoms with Gasteiger partial charge < -0.3 is 19.7 Å². The first-order valence-corrected chi connectivity index (χ1v) is 11.9. The lowest BCUT2D eigenvalue weighted by atomic mass is 9.98. The predicted molar refractivity (Wildman–Crippen MR) is 133 cm³/mol. The van der Waals surface area contributed by atoms with Crippen molar-refractivity contribution >= 4 is 12.0 Å². The van der Waals surface area contributed by atoms with Crippen LogP contribution in [0.1, 0.15) is 25.3 Å². The van der Waals surface area contributed by atoms with Crippen LogP contribution in [0.5, 0.6) is 0 Å². The summed E-state index contributed by atoms with van der Waals surface area (Å²) in [5.74, 6) is 1.03. The van der Waals surface area contributed by atoms with Crippen molar-refractivity contribution in [3.63, 3.8) is 0 Å². The largest absolute Gasteiger partial charge is 0.421 e. The lowest BCUT2D eigenvalue weighted by Gasteiger charge is -2.33. The minimum absolute atomic E-state index is 0.327. The van der Waals surface area contributed by atoms with E-state index in [-0.39, 0.29) is 5.82 Å². The summed E-state index contributed by atoms with van der Waals surface area (Å²) in [5.41, 5.74) is 3.03. The van der Waals surface area contributed by atoms with Gasteiger partial charge in [0.15, 0.2) is 5.76 Å². The number of hydrogen-bond acceptors (Lipinski definition) is 7. The van der Waals surface area contributed by atoms with E-state index >= 15 is 0 Å². The van der Waals surface area contributed by atoms with Gasteiger partial charge in [-0.15, -0.1) is 0 Å². The lowest BCUT2D eigenvalue weighted by Crippen LogP contribution is -2.42. The summed E-state index contributed by atoms with van der Waals surface area (Å²) in [6.45, 7) is 3.44. The molecule has 2 N–H and O–H groups in total. The highest BCUT2D eigenvalue weighted by molar-refractivity contribution is 5.76. The normalized spacial score (nSPS) is 18.0. The maximum Gasteiger partial charge on any atom is 0.300 e. The van der Waals surface area contributed by atoms with E-state index < -0.39 is 6.23 Å². The molecular weight excluding hydrogens is 445 g/mol. The summed E-state index contributed by atoms with van der Waals surface area (Å²) < 4.78 is 19.8. The van der Waals surface area contributed by atoms with Crippen LogP contribution >= 0.6 is 0 Å². The molecule has 2 aromatic heterocycles. The van der Waals surface area contributed by atoms with Crippen LogP contribution in [0, 0.1) is 11.7 Å². The van der Waals surface area contributed by atoms with Gasteiger partial charge in [-0.25, -0.2) is 14.4 Å². The van der Waals surface area contributed by atoms with E-state index in [0.717, 1.165) is 12.8 Å². The number of aromatic nitrogens is 3. The van der Waals surface area contributed by atoms with E-state index in [1.807, 2.05) is 18.2 Å². The molecule has 0 bridgehead atoms. The number of rotatable bonds is 7. The summed E-state index contributed by atoms with van der Waals surface area (Å²) in [6, 6.07) is 18.4. The molecule has 5 rings (SSSR count). The Bertz CT molecular complexity index is 1260. The number of anilines is 2. The maximum atomic E-state index is 13.6. The topological polar surface area (TPSA) is 87.3 Å². The fourth-order valence-electron chi connectivity index (χ4n) is 4.28. The zero-order chi connectivity index (χ0) is 24.2. The van der Waals surface area contributed by atoms with E-state index in [0.29, 0.717) is 60.1 Å². The van der Waals surface area contributed by atoms with Crippen molar-refractivity contribution in [2.75, 3.05) is 23.3 Å². The van der Waals surface area contributed by atoms with Crippen molar-refractivity contribution < 1.29 is 13.9 Å². The van der Waals surface area contributed by atoms with Gasteiger partial charge in [0.1, 0.15) is 23.4 Å². The number of piperidine rings is 1. The van der Waals surface area contributed by atoms with E-state index in [4.69, 9.17) is 9.40 Å². The Labute approximate surface area is 203 Å². The van der Waals surface area contributed by atoms with Gasteiger partial charge >= 0.3 is 6.01 Å². The van der Waals surface area contributed by atoms with Crippen LogP contribution in [0.4, 0.5) is 16.4 Å². The quantitative estimate of drug-likeness (QED) is 0.384. The van der Waals surface area contributed by atoms with Crippen molar-refractivity contribution in [2.24, 2.45) is 5.92 Å². The molecule has 2 atom stereocenters. The van der Waals surface area contributed by atoms with Gasteiger partial charge in [-0.3, -0.25) is 0 Å². The molecule has 0 saturated carbocycles. The highest BCUT2D eigenvalue weighted by Crippen LogP contribution is 2.37. The fraction of sp³-hybridized carbons (Fsp3) is 0.296. The van der Waals surface area contributed by atoms with E-state index in [1.54, 1.807) is 29.3 Å². The number of hydrogen-bond donors (Lipinski definition) is 2. The Hall–Kier alpha value is -3.78. The Morgan fingerprint density at radius 1 is 1.09 bits per heavy atom. The van der Waals surface area contributed by atoms with Gasteiger partial charge in [0.05, 0.1) is 0 Å². The summed E-state index contributed by atoms with van der Waals surface area (Å²) in [5, 5.41) is 13.9. The van der Waals surface area contributed by atoms with Gasteiger partial charge in [-0.2, -0.15) is 4.98 Å². The minimum Gasteiger partial charge on any atom is -0.421 e. The van der Waals surface area contributed by atoms with E-state index in [2.05, 4.69) is 34.3 Å². The van der Waals surface area contributed by atoms with Crippen molar-refractivity contribution in [1.29, 1.82) is 0 Å². The number of aliphatic hydroxyl groups is 1. The molecule has 1 saturated heterocycles. The second-order valence-corrected chi connectivity index (χ2v) is 8.91. The molecular formula is C27H28FN5O2. The zero-order valence-corrected chi connectivity index (χ0v) is 19.6. The molecule has 35 heavy (non-hydrogen) atoms. The van der Waals surface area contributed by atoms with Crippen LogP contribution in [0.2, 0.25) is 0 Å². The molecule has 4 aromatic rings. The fourth-order valence-corrected chi connectivity index (χ4v) is 4.28. The Morgan fingerprint density at radius 3 is 2.66 bits per heavy atom. The smallest absolute Gasteiger partial charge is 0.300 e. The van der Waals surface area contributed by atoms with E-state index in [9.17, 15) is 9.50 Å². The Kier molecular flexibility index (Phi) is 6.72. The van der Waals surface area contributed by atoms with Gasteiger partial charge in [0, 0.05) is 24.8 Å². The van der Waals surface area contributed by atoms with Crippen LogP contribution in [-0.4, -0.2) is 39.4 Å². The first kappa shape index (κ1) is 23.0. The second kappa shape index (κ2) is 10.2. The third kappa shape index (κ3) is 5.33. The summed E-state index contributed by atoms with van der Waals surface area (Å²) in [7, 11) is 0. The first-order valence-electron chi connectivity index (χ1n) is 11.9. The maximum absolute atomic E-state index is 13.6. The van der Waals surface area contributed by atoms with Gasteiger partial charge in [-0.1, -0.05) is 37.3 Å². The molecule has 0 spiro atoms. The van der Waals surface area contributed by atoms with Crippen molar-refractivity contribution in [3.05, 3.63) is 78.2 Å². The molecule has 0 radical (unpaired) electrons. The monoisotopic (exact) mass is 473 g/mol. The number of benzene rings is 2. The number of oxazole rings is 1. The highest BCUT2D eigenvalue weighted by atomic mass is 19.1. The predicted octanol–water partition coefficient (Wildman–Crippen LogP) is 5.15. The highest BCUT2D eigenvalue weighted by Gasteiger charge is 2.30. The van der Waals surface area contributed by atoms with Crippen LogP contribution in [0.25, 0.3) is 22.7 Å². The summed E-state index contributed by atoms with van der Waals surface area (Å²) in [6.07, 6.45) is 3.41. The minimum atomic E-state index is -0.674. The third-order valence-corrected chi connectivity index (χ3v) is 6.24. The molecule has 0 aliphatic carbocycles. The van der Waals surface area contributed by atoms with Crippen LogP contribution in [0.15, 0.2) is 71.3 Å². The van der Waals surface area contributed by atoms with Crippen LogP contribution in [-0.2, 0) is 6.42 Å². The summed E-state index contributed by atoms with van der Waals surface area (Å²) >= 11 is 0. The molecule has 8 heteroatoms. The van der Waals surface area contributed by atoms with Gasteiger partial charge in [0.2, 0.25) is 5.95 Å². The molecule has 1 aliphatic rings. The van der Waals surface area contributed by atoms with Crippen molar-refractivity contribution in [2.45, 2.75) is 32.4 Å². The van der Waals surface area contributed by atoms with Crippen molar-refractivity contribution in [1.82, 2.24) is 15.0 Å². The SMILES string of the molecule is CC1CCN(c2nc(-c3ccc(F)cc3)c(-c3ccnc(NCCc4ccccc4)n3)o2)[C@@H](O)C1. The van der Waals surface area contributed by atoms with Gasteiger partial charge in [-0.05, 0) is 61.1 Å². The summed E-state index contributed by atoms with van der Waals surface area (Å²) in [4.78, 5) is 15.5. The molecule has 7 nitrogen and oxygen atoms in total. The molecule has 1 fully saturated rings. The Morgan fingerprint density at radius 2 is 1.89 bits per heavy atom. The molecule has 2 aromatic carbocycles. The molecule has 1 unspecified atom stereocenters. The molecule has 3 heterocycles. The number of nitrogens with zero attached hydrogens (tertiary/aromatic N) is 4. The number of aliphatic hydroxyl groups excluding tert-OH is 1. The average Bonchev–Trinajstić information content (AvgIpc) is 3.30. The number of nitrogens with one attached hydrogen (secondary N) is 1. The Balaban J connectivity index is 1.44. The third-order valence-electron chi connectivity index (χ3n) is 6.24. The van der Waals surface area contributed by atoms with Crippen molar-refractivity contribution in [3.8, 4) is 22.7 Å². The molecule has 0 amide bonds. The van der Waals surface area contributed by atoms with Crippen LogP contribution in [0.3, 0.4) is 0 Å². The molecule has 1 aliphatic heterocycles. The van der Waals surface area contributed by atoms with E-state index in [1.165, 1.54) is 17.7 Å².